The van der Waals surface area contributed by atoms with E-state index in [0.717, 1.165) is 5.56 Å². The first kappa shape index (κ1) is 15.5. The molecule has 0 aliphatic rings. The minimum absolute atomic E-state index is 0.115. The molecule has 0 fully saturated rings. The maximum Gasteiger partial charge on any atom is 0.308 e. The summed E-state index contributed by atoms with van der Waals surface area (Å²) in [6, 6.07) is 7.13. The van der Waals surface area contributed by atoms with Gasteiger partial charge in [-0.2, -0.15) is 0 Å². The van der Waals surface area contributed by atoms with E-state index in [1.54, 1.807) is 39.1 Å². The Labute approximate surface area is 118 Å². The monoisotopic (exact) mass is 283 g/mol. The molecule has 104 valence electrons. The second-order valence-corrected chi connectivity index (χ2v) is 5.17. The molecule has 5 heteroatoms. The molecule has 19 heavy (non-hydrogen) atoms. The third kappa shape index (κ3) is 4.24. The summed E-state index contributed by atoms with van der Waals surface area (Å²) in [4.78, 5) is 24.4. The van der Waals surface area contributed by atoms with Gasteiger partial charge in [0, 0.05) is 18.6 Å². The maximum atomic E-state index is 12.2. The molecule has 0 bridgehead atoms. The molecule has 2 atom stereocenters. The van der Waals surface area contributed by atoms with Gasteiger partial charge in [-0.25, -0.2) is 0 Å². The Morgan fingerprint density at radius 3 is 2.53 bits per heavy atom. The molecule has 1 amide bonds. The van der Waals surface area contributed by atoms with Gasteiger partial charge in [0.2, 0.25) is 5.91 Å². The molecule has 1 rings (SSSR count). The van der Waals surface area contributed by atoms with Crippen molar-refractivity contribution >= 4 is 23.5 Å². The van der Waals surface area contributed by atoms with Crippen LogP contribution in [0.5, 0.6) is 0 Å². The summed E-state index contributed by atoms with van der Waals surface area (Å²) < 4.78 is 0. The van der Waals surface area contributed by atoms with Crippen LogP contribution in [0.15, 0.2) is 24.3 Å². The van der Waals surface area contributed by atoms with E-state index in [1.807, 2.05) is 6.07 Å². The van der Waals surface area contributed by atoms with Crippen LogP contribution < -0.4 is 0 Å². The van der Waals surface area contributed by atoms with Gasteiger partial charge >= 0.3 is 5.97 Å². The van der Waals surface area contributed by atoms with Crippen molar-refractivity contribution in [1.82, 2.24) is 4.90 Å². The summed E-state index contributed by atoms with van der Waals surface area (Å²) in [7, 11) is 1.61. The molecule has 1 aromatic carbocycles. The first-order valence-corrected chi connectivity index (χ1v) is 6.44. The van der Waals surface area contributed by atoms with E-state index < -0.39 is 11.9 Å². The van der Waals surface area contributed by atoms with Crippen LogP contribution in [-0.4, -0.2) is 35.5 Å². The molecule has 1 aromatic rings. The Morgan fingerprint density at radius 2 is 2.00 bits per heavy atom. The third-order valence-corrected chi connectivity index (χ3v) is 3.30. The van der Waals surface area contributed by atoms with Crippen LogP contribution in [0.3, 0.4) is 0 Å². The van der Waals surface area contributed by atoms with Crippen LogP contribution in [0, 0.1) is 5.92 Å². The van der Waals surface area contributed by atoms with Crippen molar-refractivity contribution in [2.24, 2.45) is 5.92 Å². The minimum atomic E-state index is -0.907. The molecular weight excluding hydrogens is 266 g/mol. The van der Waals surface area contributed by atoms with Gasteiger partial charge in [-0.05, 0) is 24.6 Å². The zero-order valence-electron chi connectivity index (χ0n) is 11.3. The summed E-state index contributed by atoms with van der Waals surface area (Å²) in [5.41, 5.74) is 0.826. The quantitative estimate of drug-likeness (QED) is 0.904. The smallest absolute Gasteiger partial charge is 0.308 e. The number of hydrogen-bond acceptors (Lipinski definition) is 2. The molecule has 0 saturated heterocycles. The van der Waals surface area contributed by atoms with Crippen molar-refractivity contribution < 1.29 is 14.7 Å². The molecule has 0 saturated carbocycles. The Morgan fingerprint density at radius 1 is 1.37 bits per heavy atom. The summed E-state index contributed by atoms with van der Waals surface area (Å²) in [6.45, 7) is 3.56. The van der Waals surface area contributed by atoms with Crippen molar-refractivity contribution in [3.8, 4) is 0 Å². The number of nitrogens with zero attached hydrogens (tertiary/aromatic N) is 1. The fraction of sp³-hybridized carbons (Fsp3) is 0.429. The predicted molar refractivity (Wildman–Crippen MR) is 74.3 cm³/mol. The van der Waals surface area contributed by atoms with Crippen LogP contribution in [0.1, 0.15) is 25.3 Å². The number of carboxylic acids is 1. The largest absolute Gasteiger partial charge is 0.481 e. The lowest BCUT2D eigenvalue weighted by atomic mass is 9.99. The molecule has 0 heterocycles. The Kier molecular flexibility index (Phi) is 5.36. The second kappa shape index (κ2) is 6.57. The van der Waals surface area contributed by atoms with E-state index in [4.69, 9.17) is 16.7 Å². The minimum Gasteiger partial charge on any atom is -0.481 e. The van der Waals surface area contributed by atoms with Crippen molar-refractivity contribution in [2.75, 3.05) is 13.6 Å². The van der Waals surface area contributed by atoms with E-state index in [1.165, 1.54) is 4.90 Å². The van der Waals surface area contributed by atoms with Crippen LogP contribution in [0.4, 0.5) is 0 Å². The molecule has 0 aliphatic heterocycles. The SMILES string of the molecule is CC(CN(C)C(=O)C(C)c1cccc(Cl)c1)C(=O)O. The van der Waals surface area contributed by atoms with Crippen molar-refractivity contribution in [1.29, 1.82) is 0 Å². The fourth-order valence-corrected chi connectivity index (χ4v) is 2.03. The van der Waals surface area contributed by atoms with Gasteiger partial charge in [-0.3, -0.25) is 9.59 Å². The summed E-state index contributed by atoms with van der Waals surface area (Å²) in [6.07, 6.45) is 0. The number of hydrogen-bond donors (Lipinski definition) is 1. The van der Waals surface area contributed by atoms with Crippen LogP contribution >= 0.6 is 11.6 Å². The predicted octanol–water partition coefficient (Wildman–Crippen LogP) is 2.62. The van der Waals surface area contributed by atoms with Gasteiger partial charge in [0.15, 0.2) is 0 Å². The fourth-order valence-electron chi connectivity index (χ4n) is 1.83. The number of halogens is 1. The molecule has 4 nitrogen and oxygen atoms in total. The normalized spacial score (nSPS) is 13.7. The van der Waals surface area contributed by atoms with Gasteiger partial charge < -0.3 is 10.0 Å². The number of rotatable bonds is 5. The lowest BCUT2D eigenvalue weighted by molar-refractivity contribution is -0.142. The number of likely N-dealkylation sites (N-methyl/N-ethyl adjacent to an activating group) is 1. The third-order valence-electron chi connectivity index (χ3n) is 3.06. The molecule has 0 spiro atoms. The number of carboxylic acid groups (broad SMARTS) is 1. The second-order valence-electron chi connectivity index (χ2n) is 4.73. The Bertz CT molecular complexity index is 476. The van der Waals surface area contributed by atoms with Gasteiger partial charge in [-0.1, -0.05) is 30.7 Å². The number of aliphatic carboxylic acids is 1. The zero-order valence-corrected chi connectivity index (χ0v) is 12.0. The average molecular weight is 284 g/mol. The molecule has 2 unspecified atom stereocenters. The molecule has 0 aromatic heterocycles. The van der Waals surface area contributed by atoms with E-state index >= 15 is 0 Å². The van der Waals surface area contributed by atoms with E-state index in [2.05, 4.69) is 0 Å². The lowest BCUT2D eigenvalue weighted by Crippen LogP contribution is -2.36. The standard InChI is InChI=1S/C14H18ClNO3/c1-9(14(18)19)8-16(3)13(17)10(2)11-5-4-6-12(15)7-11/h4-7,9-10H,8H2,1-3H3,(H,18,19). The van der Waals surface area contributed by atoms with Gasteiger partial charge in [0.05, 0.1) is 11.8 Å². The molecule has 1 N–H and O–H groups in total. The van der Waals surface area contributed by atoms with Gasteiger partial charge in [-0.15, -0.1) is 0 Å². The highest BCUT2D eigenvalue weighted by atomic mass is 35.5. The summed E-state index contributed by atoms with van der Waals surface area (Å²) in [5, 5.41) is 9.43. The Balaban J connectivity index is 2.74. The molecule has 0 radical (unpaired) electrons. The highest BCUT2D eigenvalue weighted by Gasteiger charge is 2.22. The lowest BCUT2D eigenvalue weighted by Gasteiger charge is -2.23. The van der Waals surface area contributed by atoms with Gasteiger partial charge in [0.1, 0.15) is 0 Å². The van der Waals surface area contributed by atoms with Crippen molar-refractivity contribution in [2.45, 2.75) is 19.8 Å². The average Bonchev–Trinajstić information content (AvgIpc) is 2.36. The highest BCUT2D eigenvalue weighted by Crippen LogP contribution is 2.21. The van der Waals surface area contributed by atoms with Crippen molar-refractivity contribution in [3.05, 3.63) is 34.9 Å². The molecular formula is C14H18ClNO3. The number of carbonyl (C=O) groups excluding carboxylic acids is 1. The van der Waals surface area contributed by atoms with Crippen molar-refractivity contribution in [3.63, 3.8) is 0 Å². The topological polar surface area (TPSA) is 57.6 Å². The zero-order chi connectivity index (χ0) is 14.6. The van der Waals surface area contributed by atoms with Gasteiger partial charge in [0.25, 0.3) is 0 Å². The van der Waals surface area contributed by atoms with Crippen LogP contribution in [0.25, 0.3) is 0 Å². The number of amides is 1. The van der Waals surface area contributed by atoms with E-state index in [0.29, 0.717) is 5.02 Å². The van der Waals surface area contributed by atoms with Crippen LogP contribution in [-0.2, 0) is 9.59 Å². The highest BCUT2D eigenvalue weighted by molar-refractivity contribution is 6.30. The Hall–Kier alpha value is -1.55. The summed E-state index contributed by atoms with van der Waals surface area (Å²) in [5.74, 6) is -1.95. The number of carbonyl (C=O) groups is 2. The van der Waals surface area contributed by atoms with E-state index in [-0.39, 0.29) is 18.4 Å². The van der Waals surface area contributed by atoms with Crippen LogP contribution in [0.2, 0.25) is 5.02 Å². The first-order valence-electron chi connectivity index (χ1n) is 6.06. The first-order chi connectivity index (χ1) is 8.82. The number of benzene rings is 1. The maximum absolute atomic E-state index is 12.2. The molecule has 0 aliphatic carbocycles. The summed E-state index contributed by atoms with van der Waals surface area (Å²) >= 11 is 5.90. The van der Waals surface area contributed by atoms with E-state index in [9.17, 15) is 9.59 Å².